The van der Waals surface area contributed by atoms with E-state index in [1.165, 1.54) is 5.56 Å². The maximum atomic E-state index is 4.11. The molecule has 5 nitrogen and oxygen atoms in total. The van der Waals surface area contributed by atoms with Crippen LogP contribution in [-0.4, -0.2) is 24.8 Å². The molecule has 0 unspecified atom stereocenters. The highest BCUT2D eigenvalue weighted by atomic mass is 79.9. The topological polar surface area (TPSA) is 48.5 Å². The van der Waals surface area contributed by atoms with Gasteiger partial charge in [-0.25, -0.2) is 0 Å². The highest BCUT2D eigenvalue weighted by molar-refractivity contribution is 9.08. The Morgan fingerprint density at radius 2 is 2.27 bits per heavy atom. The van der Waals surface area contributed by atoms with E-state index in [1.807, 2.05) is 30.3 Å². The molecule has 80 valence electrons. The van der Waals surface area contributed by atoms with Gasteiger partial charge in [-0.3, -0.25) is 9.36 Å². The minimum absolute atomic E-state index is 0.750. The summed E-state index contributed by atoms with van der Waals surface area (Å²) in [7, 11) is 1.92. The molecule has 0 N–H and O–H groups in total. The van der Waals surface area contributed by atoms with E-state index in [0.29, 0.717) is 0 Å². The highest BCUT2D eigenvalue weighted by Crippen LogP contribution is 2.02. The third kappa shape index (κ3) is 2.65. The van der Waals surface area contributed by atoms with Gasteiger partial charge in [-0.05, 0) is 12.0 Å². The Morgan fingerprint density at radius 1 is 1.40 bits per heavy atom. The number of aromatic nitrogens is 5. The quantitative estimate of drug-likeness (QED) is 0.783. The minimum Gasteiger partial charge on any atom is -0.276 e. The molecule has 0 radical (unpaired) electrons. The normalized spacial score (nSPS) is 10.8. The van der Waals surface area contributed by atoms with Gasteiger partial charge >= 0.3 is 0 Å². The Morgan fingerprint density at radius 3 is 2.87 bits per heavy atom. The lowest BCUT2D eigenvalue weighted by molar-refractivity contribution is 0.589. The van der Waals surface area contributed by atoms with Crippen molar-refractivity contribution in [2.45, 2.75) is 18.3 Å². The van der Waals surface area contributed by atoms with Crippen molar-refractivity contribution in [3.8, 4) is 0 Å². The fourth-order valence-corrected chi connectivity index (χ4v) is 1.61. The summed E-state index contributed by atoms with van der Waals surface area (Å²) < 4.78 is 3.66. The van der Waals surface area contributed by atoms with E-state index in [1.54, 1.807) is 4.68 Å². The van der Waals surface area contributed by atoms with Gasteiger partial charge in [0.15, 0.2) is 0 Å². The SMILES string of the molecule is Cn1cc(CCn2cc(CBr)nn2)cn1. The number of hydrogen-bond donors (Lipinski definition) is 0. The molecule has 0 amide bonds. The summed E-state index contributed by atoms with van der Waals surface area (Å²) in [5.74, 6) is 0. The van der Waals surface area contributed by atoms with Crippen molar-refractivity contribution >= 4 is 15.9 Å². The summed E-state index contributed by atoms with van der Waals surface area (Å²) >= 11 is 3.34. The van der Waals surface area contributed by atoms with Gasteiger partial charge in [0.25, 0.3) is 0 Å². The zero-order valence-corrected chi connectivity index (χ0v) is 10.1. The second-order valence-corrected chi connectivity index (χ2v) is 3.94. The molecule has 15 heavy (non-hydrogen) atoms. The number of rotatable bonds is 4. The van der Waals surface area contributed by atoms with E-state index in [2.05, 4.69) is 31.3 Å². The number of halogens is 1. The first-order valence-corrected chi connectivity index (χ1v) is 5.82. The standard InChI is InChI=1S/C9H12BrN5/c1-14-6-8(5-11-14)2-3-15-7-9(4-10)12-13-15/h5-7H,2-4H2,1H3. The number of alkyl halides is 1. The molecule has 2 rings (SSSR count). The van der Waals surface area contributed by atoms with Gasteiger partial charge in [-0.2, -0.15) is 5.10 Å². The van der Waals surface area contributed by atoms with Crippen molar-refractivity contribution < 1.29 is 0 Å². The van der Waals surface area contributed by atoms with Crippen molar-refractivity contribution in [2.24, 2.45) is 7.05 Å². The van der Waals surface area contributed by atoms with Crippen molar-refractivity contribution in [3.63, 3.8) is 0 Å². The van der Waals surface area contributed by atoms with Crippen LogP contribution < -0.4 is 0 Å². The van der Waals surface area contributed by atoms with Crippen molar-refractivity contribution in [3.05, 3.63) is 29.8 Å². The lowest BCUT2D eigenvalue weighted by Crippen LogP contribution is -2.01. The van der Waals surface area contributed by atoms with Gasteiger partial charge in [0.1, 0.15) is 0 Å². The van der Waals surface area contributed by atoms with Gasteiger partial charge in [-0.15, -0.1) is 5.10 Å². The number of nitrogens with zero attached hydrogens (tertiary/aromatic N) is 5. The molecule has 0 aliphatic heterocycles. The van der Waals surface area contributed by atoms with Gasteiger partial charge in [-0.1, -0.05) is 21.1 Å². The number of hydrogen-bond acceptors (Lipinski definition) is 3. The smallest absolute Gasteiger partial charge is 0.0932 e. The second-order valence-electron chi connectivity index (χ2n) is 3.38. The van der Waals surface area contributed by atoms with Crippen LogP contribution in [0.15, 0.2) is 18.6 Å². The first kappa shape index (κ1) is 10.4. The molecular weight excluding hydrogens is 258 g/mol. The van der Waals surface area contributed by atoms with Gasteiger partial charge in [0.05, 0.1) is 11.9 Å². The Kier molecular flexibility index (Phi) is 3.15. The maximum Gasteiger partial charge on any atom is 0.0932 e. The summed E-state index contributed by atoms with van der Waals surface area (Å²) in [6.45, 7) is 0.839. The van der Waals surface area contributed by atoms with Crippen LogP contribution in [0.4, 0.5) is 0 Å². The van der Waals surface area contributed by atoms with Crippen molar-refractivity contribution in [1.82, 2.24) is 24.8 Å². The molecule has 0 atom stereocenters. The molecule has 0 saturated heterocycles. The molecule has 0 aliphatic carbocycles. The lowest BCUT2D eigenvalue weighted by Gasteiger charge is -1.96. The molecule has 0 bridgehead atoms. The first-order valence-electron chi connectivity index (χ1n) is 4.70. The molecule has 0 aliphatic rings. The third-order valence-electron chi connectivity index (χ3n) is 2.11. The predicted octanol–water partition coefficient (Wildman–Crippen LogP) is 1.15. The largest absolute Gasteiger partial charge is 0.276 e. The van der Waals surface area contributed by atoms with Crippen LogP contribution in [0.5, 0.6) is 0 Å². The van der Waals surface area contributed by atoms with Crippen LogP contribution in [0.1, 0.15) is 11.3 Å². The highest BCUT2D eigenvalue weighted by Gasteiger charge is 2.00. The molecule has 2 aromatic rings. The van der Waals surface area contributed by atoms with E-state index in [0.717, 1.165) is 24.0 Å². The van der Waals surface area contributed by atoms with Crippen LogP contribution in [-0.2, 0) is 25.3 Å². The Labute approximate surface area is 96.2 Å². The molecular formula is C9H12BrN5. The predicted molar refractivity (Wildman–Crippen MR) is 59.6 cm³/mol. The van der Waals surface area contributed by atoms with Gasteiger partial charge < -0.3 is 0 Å². The lowest BCUT2D eigenvalue weighted by atomic mass is 10.2. The minimum atomic E-state index is 0.750. The zero-order valence-electron chi connectivity index (χ0n) is 8.47. The molecule has 0 fully saturated rings. The fraction of sp³-hybridized carbons (Fsp3) is 0.444. The number of aryl methyl sites for hydroxylation is 3. The average Bonchev–Trinajstić information content (AvgIpc) is 2.83. The van der Waals surface area contributed by atoms with Crippen LogP contribution in [0.25, 0.3) is 0 Å². The Bertz CT molecular complexity index is 433. The van der Waals surface area contributed by atoms with Crippen LogP contribution in [0, 0.1) is 0 Å². The Hall–Kier alpha value is -1.17. The third-order valence-corrected chi connectivity index (χ3v) is 2.69. The molecule has 6 heteroatoms. The molecule has 0 saturated carbocycles. The second kappa shape index (κ2) is 4.57. The molecule has 2 heterocycles. The maximum absolute atomic E-state index is 4.11. The summed E-state index contributed by atoms with van der Waals surface area (Å²) in [5.41, 5.74) is 2.18. The molecule has 2 aromatic heterocycles. The summed E-state index contributed by atoms with van der Waals surface area (Å²) in [5, 5.41) is 12.9. The fourth-order valence-electron chi connectivity index (χ4n) is 1.35. The molecule has 0 aromatic carbocycles. The van der Waals surface area contributed by atoms with Gasteiger partial charge in [0.2, 0.25) is 0 Å². The van der Waals surface area contributed by atoms with E-state index in [9.17, 15) is 0 Å². The zero-order chi connectivity index (χ0) is 10.7. The van der Waals surface area contributed by atoms with Gasteiger partial charge in [0, 0.05) is 31.3 Å². The van der Waals surface area contributed by atoms with E-state index in [4.69, 9.17) is 0 Å². The van der Waals surface area contributed by atoms with Crippen molar-refractivity contribution in [2.75, 3.05) is 0 Å². The van der Waals surface area contributed by atoms with Crippen molar-refractivity contribution in [1.29, 1.82) is 0 Å². The summed E-state index contributed by atoms with van der Waals surface area (Å²) in [6, 6.07) is 0. The molecule has 0 spiro atoms. The monoisotopic (exact) mass is 269 g/mol. The summed E-state index contributed by atoms with van der Waals surface area (Å²) in [6.07, 6.45) is 6.77. The van der Waals surface area contributed by atoms with E-state index < -0.39 is 0 Å². The first-order chi connectivity index (χ1) is 7.28. The summed E-state index contributed by atoms with van der Waals surface area (Å²) in [4.78, 5) is 0. The van der Waals surface area contributed by atoms with E-state index >= 15 is 0 Å². The van der Waals surface area contributed by atoms with Crippen LogP contribution in [0.2, 0.25) is 0 Å². The van der Waals surface area contributed by atoms with E-state index in [-0.39, 0.29) is 0 Å². The Balaban J connectivity index is 1.93. The van der Waals surface area contributed by atoms with Crippen LogP contribution >= 0.6 is 15.9 Å². The van der Waals surface area contributed by atoms with Crippen LogP contribution in [0.3, 0.4) is 0 Å². The average molecular weight is 270 g/mol.